The summed E-state index contributed by atoms with van der Waals surface area (Å²) in [6, 6.07) is 1.86. The van der Waals surface area contributed by atoms with Gasteiger partial charge in [0.05, 0.1) is 11.2 Å². The second-order valence-corrected chi connectivity index (χ2v) is 2.98. The van der Waals surface area contributed by atoms with Crippen LogP contribution in [0.4, 0.5) is 17.6 Å². The number of oxime groups is 1. The van der Waals surface area contributed by atoms with Crippen molar-refractivity contribution in [2.75, 3.05) is 0 Å². The van der Waals surface area contributed by atoms with Gasteiger partial charge < -0.3 is 5.21 Å². The van der Waals surface area contributed by atoms with Crippen LogP contribution in [-0.2, 0) is 6.18 Å². The van der Waals surface area contributed by atoms with E-state index in [1.54, 1.807) is 0 Å². The van der Waals surface area contributed by atoms with Gasteiger partial charge in [0.2, 0.25) is 0 Å². The molecule has 0 saturated carbocycles. The molecule has 7 heteroatoms. The highest BCUT2D eigenvalue weighted by Gasteiger charge is 2.37. The summed E-state index contributed by atoms with van der Waals surface area (Å²) in [7, 11) is 0. The Balaban J connectivity index is 3.43. The molecule has 2 nitrogen and oxygen atoms in total. The summed E-state index contributed by atoms with van der Waals surface area (Å²) in [6.07, 6.45) is -4.33. The van der Waals surface area contributed by atoms with Gasteiger partial charge in [-0.05, 0) is 12.1 Å². The third-order valence-electron chi connectivity index (χ3n) is 1.60. The van der Waals surface area contributed by atoms with Gasteiger partial charge in [-0.3, -0.25) is 0 Å². The molecule has 0 fully saturated rings. The number of benzene rings is 1. The summed E-state index contributed by atoms with van der Waals surface area (Å²) in [5.41, 5.74) is -2.06. The zero-order valence-corrected chi connectivity index (χ0v) is 7.77. The fraction of sp³-hybridized carbons (Fsp3) is 0.125. The molecule has 1 aromatic rings. The van der Waals surface area contributed by atoms with Crippen LogP contribution in [0.2, 0.25) is 5.02 Å². The Hall–Kier alpha value is -1.30. The van der Waals surface area contributed by atoms with Crippen LogP contribution < -0.4 is 0 Å². The number of alkyl halides is 3. The largest absolute Gasteiger partial charge is 0.420 e. The maximum Gasteiger partial charge on any atom is 0.420 e. The minimum absolute atomic E-state index is 0.491. The fourth-order valence-corrected chi connectivity index (χ4v) is 1.24. The Kier molecular flexibility index (Phi) is 3.18. The van der Waals surface area contributed by atoms with Crippen LogP contribution in [0.25, 0.3) is 0 Å². The van der Waals surface area contributed by atoms with Crippen LogP contribution in [0.3, 0.4) is 0 Å². The first-order valence-corrected chi connectivity index (χ1v) is 3.98. The van der Waals surface area contributed by atoms with E-state index in [1.165, 1.54) is 0 Å². The molecule has 0 aliphatic rings. The summed E-state index contributed by atoms with van der Waals surface area (Å²) in [5, 5.41) is 9.80. The molecule has 0 unspecified atom stereocenters. The van der Waals surface area contributed by atoms with Crippen molar-refractivity contribution >= 4 is 17.8 Å². The van der Waals surface area contributed by atoms with E-state index in [0.717, 1.165) is 12.1 Å². The molecule has 0 aromatic heterocycles. The van der Waals surface area contributed by atoms with Crippen molar-refractivity contribution in [1.29, 1.82) is 0 Å². The van der Waals surface area contributed by atoms with Gasteiger partial charge in [0, 0.05) is 5.56 Å². The lowest BCUT2D eigenvalue weighted by Gasteiger charge is -2.10. The highest BCUT2D eigenvalue weighted by Crippen LogP contribution is 2.37. The molecule has 0 radical (unpaired) electrons. The number of halogens is 5. The lowest BCUT2D eigenvalue weighted by molar-refractivity contribution is -0.139. The second-order valence-electron chi connectivity index (χ2n) is 2.57. The van der Waals surface area contributed by atoms with Crippen molar-refractivity contribution in [3.63, 3.8) is 0 Å². The van der Waals surface area contributed by atoms with Gasteiger partial charge in [-0.25, -0.2) is 4.39 Å². The van der Waals surface area contributed by atoms with Gasteiger partial charge in [0.25, 0.3) is 0 Å². The van der Waals surface area contributed by atoms with Gasteiger partial charge in [-0.15, -0.1) is 0 Å². The van der Waals surface area contributed by atoms with Crippen molar-refractivity contribution < 1.29 is 22.8 Å². The first-order valence-electron chi connectivity index (χ1n) is 3.60. The number of hydrogen-bond donors (Lipinski definition) is 1. The van der Waals surface area contributed by atoms with E-state index >= 15 is 0 Å². The summed E-state index contributed by atoms with van der Waals surface area (Å²) in [4.78, 5) is 0. The molecule has 0 atom stereocenters. The van der Waals surface area contributed by atoms with Crippen molar-refractivity contribution in [1.82, 2.24) is 0 Å². The van der Waals surface area contributed by atoms with Crippen LogP contribution in [0.1, 0.15) is 11.1 Å². The summed E-state index contributed by atoms with van der Waals surface area (Å²) < 4.78 is 50.1. The van der Waals surface area contributed by atoms with Crippen LogP contribution in [0, 0.1) is 5.82 Å². The molecule has 1 aromatic carbocycles. The van der Waals surface area contributed by atoms with E-state index in [0.29, 0.717) is 6.21 Å². The Morgan fingerprint density at radius 2 is 1.93 bits per heavy atom. The van der Waals surface area contributed by atoms with Crippen LogP contribution in [0.15, 0.2) is 17.3 Å². The lowest BCUT2D eigenvalue weighted by atomic mass is 10.1. The van der Waals surface area contributed by atoms with Gasteiger partial charge in [0.15, 0.2) is 0 Å². The topological polar surface area (TPSA) is 32.6 Å². The predicted molar refractivity (Wildman–Crippen MR) is 45.8 cm³/mol. The third-order valence-corrected chi connectivity index (χ3v) is 1.92. The third kappa shape index (κ3) is 2.38. The molecule has 0 aliphatic heterocycles. The van der Waals surface area contributed by atoms with E-state index in [-0.39, 0.29) is 0 Å². The summed E-state index contributed by atoms with van der Waals surface area (Å²) in [5.74, 6) is -1.56. The molecule has 1 rings (SSSR count). The maximum absolute atomic E-state index is 13.2. The lowest BCUT2D eigenvalue weighted by Crippen LogP contribution is -2.11. The Morgan fingerprint density at radius 3 is 2.40 bits per heavy atom. The minimum Gasteiger partial charge on any atom is -0.411 e. The Morgan fingerprint density at radius 1 is 1.33 bits per heavy atom. The number of nitrogens with zero attached hydrogens (tertiary/aromatic N) is 1. The molecule has 0 spiro atoms. The second kappa shape index (κ2) is 4.06. The molecule has 0 aliphatic carbocycles. The van der Waals surface area contributed by atoms with Crippen LogP contribution >= 0.6 is 11.6 Å². The molecule has 15 heavy (non-hydrogen) atoms. The average Bonchev–Trinajstić information content (AvgIpc) is 2.08. The first-order chi connectivity index (χ1) is 6.88. The highest BCUT2D eigenvalue weighted by molar-refractivity contribution is 6.31. The van der Waals surface area contributed by atoms with Gasteiger partial charge in [0.1, 0.15) is 11.4 Å². The minimum atomic E-state index is -4.89. The molecule has 1 N–H and O–H groups in total. The number of hydrogen-bond acceptors (Lipinski definition) is 2. The van der Waals surface area contributed by atoms with E-state index in [1.807, 2.05) is 0 Å². The SMILES string of the molecule is O/N=C/c1ccc(Cl)c(C(F)(F)F)c1F. The normalized spacial score (nSPS) is 12.3. The molecule has 0 bridgehead atoms. The van der Waals surface area contributed by atoms with Gasteiger partial charge in [-0.1, -0.05) is 16.8 Å². The Bertz CT molecular complexity index is 402. The quantitative estimate of drug-likeness (QED) is 0.348. The van der Waals surface area contributed by atoms with E-state index in [4.69, 9.17) is 16.8 Å². The summed E-state index contributed by atoms with van der Waals surface area (Å²) in [6.45, 7) is 0. The highest BCUT2D eigenvalue weighted by atomic mass is 35.5. The molecule has 0 amide bonds. The van der Waals surface area contributed by atoms with Crippen LogP contribution in [0.5, 0.6) is 0 Å². The fourth-order valence-electron chi connectivity index (χ4n) is 0.990. The van der Waals surface area contributed by atoms with E-state index in [9.17, 15) is 17.6 Å². The molecular weight excluding hydrogens is 238 g/mol. The first kappa shape index (κ1) is 11.8. The van der Waals surface area contributed by atoms with E-state index in [2.05, 4.69) is 5.16 Å². The average molecular weight is 242 g/mol. The molecular formula is C8H4ClF4NO. The zero-order valence-electron chi connectivity index (χ0n) is 7.02. The van der Waals surface area contributed by atoms with E-state index < -0.39 is 28.1 Å². The zero-order chi connectivity index (χ0) is 11.6. The molecule has 82 valence electrons. The Labute approximate surface area is 86.8 Å². The summed E-state index contributed by atoms with van der Waals surface area (Å²) >= 11 is 5.22. The number of rotatable bonds is 1. The van der Waals surface area contributed by atoms with Gasteiger partial charge in [-0.2, -0.15) is 13.2 Å². The standard InChI is InChI=1S/C8H4ClF4NO/c9-5-2-1-4(3-14-15)7(10)6(5)8(11,12)13/h1-3,15H/b14-3+. The van der Waals surface area contributed by atoms with Crippen LogP contribution in [-0.4, -0.2) is 11.4 Å². The molecule has 0 heterocycles. The van der Waals surface area contributed by atoms with Crippen molar-refractivity contribution in [2.45, 2.75) is 6.18 Å². The van der Waals surface area contributed by atoms with Gasteiger partial charge >= 0.3 is 6.18 Å². The van der Waals surface area contributed by atoms with Crippen molar-refractivity contribution in [3.05, 3.63) is 34.1 Å². The monoisotopic (exact) mass is 241 g/mol. The predicted octanol–water partition coefficient (Wildman–Crippen LogP) is 3.31. The maximum atomic E-state index is 13.2. The van der Waals surface area contributed by atoms with Crippen molar-refractivity contribution in [3.8, 4) is 0 Å². The smallest absolute Gasteiger partial charge is 0.411 e. The van der Waals surface area contributed by atoms with Crippen molar-refractivity contribution in [2.24, 2.45) is 5.16 Å². The molecule has 0 saturated heterocycles.